The van der Waals surface area contributed by atoms with Gasteiger partial charge in [0.2, 0.25) is 0 Å². The number of anilines is 1. The predicted octanol–water partition coefficient (Wildman–Crippen LogP) is 7.53. The molecule has 0 aliphatic carbocycles. The maximum absolute atomic E-state index is 12.6. The van der Waals surface area contributed by atoms with Gasteiger partial charge in [0, 0.05) is 20.7 Å². The second-order valence-electron chi connectivity index (χ2n) is 6.35. The van der Waals surface area contributed by atoms with Crippen LogP contribution in [0.2, 0.25) is 15.1 Å². The van der Waals surface area contributed by atoms with E-state index in [2.05, 4.69) is 21.2 Å². The van der Waals surface area contributed by atoms with Gasteiger partial charge in [0.15, 0.2) is 0 Å². The lowest BCUT2D eigenvalue weighted by atomic mass is 10.1. The maximum Gasteiger partial charge on any atom is 0.266 e. The molecule has 31 heavy (non-hydrogen) atoms. The second kappa shape index (κ2) is 10.7. The molecular weight excluding hydrogens is 523 g/mol. The fraction of sp³-hybridized carbons (Fsp3) is 0.0435. The number of halogens is 4. The minimum atomic E-state index is -0.582. The summed E-state index contributed by atoms with van der Waals surface area (Å²) in [5.41, 5.74) is 1.78. The van der Waals surface area contributed by atoms with Gasteiger partial charge in [0.25, 0.3) is 5.91 Å². The van der Waals surface area contributed by atoms with Crippen LogP contribution < -0.4 is 10.1 Å². The Morgan fingerprint density at radius 2 is 1.87 bits per heavy atom. The summed E-state index contributed by atoms with van der Waals surface area (Å²) in [5.74, 6) is -0.0695. The molecule has 1 N–H and O–H groups in total. The van der Waals surface area contributed by atoms with Crippen molar-refractivity contribution in [2.45, 2.75) is 6.61 Å². The lowest BCUT2D eigenvalue weighted by Crippen LogP contribution is -2.13. The highest BCUT2D eigenvalue weighted by atomic mass is 79.9. The van der Waals surface area contributed by atoms with Crippen LogP contribution in [0.5, 0.6) is 5.75 Å². The fourth-order valence-electron chi connectivity index (χ4n) is 2.63. The molecule has 0 aliphatic rings. The summed E-state index contributed by atoms with van der Waals surface area (Å²) < 4.78 is 6.68. The van der Waals surface area contributed by atoms with Gasteiger partial charge in [-0.3, -0.25) is 4.79 Å². The molecule has 0 fully saturated rings. The summed E-state index contributed by atoms with van der Waals surface area (Å²) in [6, 6.07) is 19.2. The first-order valence-electron chi connectivity index (χ1n) is 8.90. The van der Waals surface area contributed by atoms with Crippen LogP contribution in [0.4, 0.5) is 5.69 Å². The number of rotatable bonds is 6. The number of hydrogen-bond acceptors (Lipinski definition) is 3. The zero-order valence-electron chi connectivity index (χ0n) is 15.8. The normalized spacial score (nSPS) is 11.0. The Balaban J connectivity index is 1.83. The van der Waals surface area contributed by atoms with Gasteiger partial charge in [-0.25, -0.2) is 0 Å². The molecule has 0 aromatic heterocycles. The van der Waals surface area contributed by atoms with E-state index >= 15 is 0 Å². The van der Waals surface area contributed by atoms with Crippen LogP contribution in [0.3, 0.4) is 0 Å². The molecule has 0 unspecified atom stereocenters. The molecule has 156 valence electrons. The molecule has 3 rings (SSSR count). The summed E-state index contributed by atoms with van der Waals surface area (Å²) in [5, 5.41) is 13.5. The largest absolute Gasteiger partial charge is 0.488 e. The van der Waals surface area contributed by atoms with E-state index in [1.807, 2.05) is 24.3 Å². The van der Waals surface area contributed by atoms with Gasteiger partial charge in [-0.1, -0.05) is 62.9 Å². The van der Waals surface area contributed by atoms with Crippen molar-refractivity contribution in [2.24, 2.45) is 0 Å². The van der Waals surface area contributed by atoms with Crippen LogP contribution in [-0.4, -0.2) is 5.91 Å². The van der Waals surface area contributed by atoms with E-state index in [9.17, 15) is 10.1 Å². The molecule has 3 aromatic rings. The summed E-state index contributed by atoms with van der Waals surface area (Å²) in [6.45, 7) is 0.278. The van der Waals surface area contributed by atoms with Gasteiger partial charge in [-0.2, -0.15) is 5.26 Å². The lowest BCUT2D eigenvalue weighted by molar-refractivity contribution is -0.112. The molecular formula is C23H14BrCl3N2O2. The topological polar surface area (TPSA) is 62.1 Å². The fourth-order valence-corrected chi connectivity index (χ4v) is 3.52. The molecule has 0 saturated carbocycles. The quantitative estimate of drug-likeness (QED) is 0.262. The number of nitriles is 1. The minimum Gasteiger partial charge on any atom is -0.488 e. The molecule has 0 aliphatic heterocycles. The van der Waals surface area contributed by atoms with Gasteiger partial charge in [0.1, 0.15) is 24.0 Å². The van der Waals surface area contributed by atoms with E-state index in [1.54, 1.807) is 36.4 Å². The molecule has 0 heterocycles. The molecule has 0 spiro atoms. The highest BCUT2D eigenvalue weighted by Crippen LogP contribution is 2.28. The van der Waals surface area contributed by atoms with Gasteiger partial charge in [-0.05, 0) is 60.2 Å². The van der Waals surface area contributed by atoms with E-state index in [1.165, 1.54) is 12.1 Å². The zero-order chi connectivity index (χ0) is 22.4. The van der Waals surface area contributed by atoms with Gasteiger partial charge < -0.3 is 10.1 Å². The lowest BCUT2D eigenvalue weighted by Gasteiger charge is -2.11. The Morgan fingerprint density at radius 3 is 2.58 bits per heavy atom. The monoisotopic (exact) mass is 534 g/mol. The molecule has 8 heteroatoms. The van der Waals surface area contributed by atoms with E-state index in [0.717, 1.165) is 10.0 Å². The van der Waals surface area contributed by atoms with E-state index in [4.69, 9.17) is 39.5 Å². The molecule has 0 saturated heterocycles. The summed E-state index contributed by atoms with van der Waals surface area (Å²) in [6.07, 6.45) is 1.46. The number of amides is 1. The maximum atomic E-state index is 12.6. The molecule has 0 bridgehead atoms. The van der Waals surface area contributed by atoms with E-state index < -0.39 is 5.91 Å². The van der Waals surface area contributed by atoms with E-state index in [0.29, 0.717) is 32.1 Å². The summed E-state index contributed by atoms with van der Waals surface area (Å²) in [7, 11) is 0. The molecule has 0 atom stereocenters. The third kappa shape index (κ3) is 6.49. The van der Waals surface area contributed by atoms with Crippen molar-refractivity contribution in [3.05, 3.63) is 96.9 Å². The first-order chi connectivity index (χ1) is 14.9. The van der Waals surface area contributed by atoms with Crippen molar-refractivity contribution in [3.63, 3.8) is 0 Å². The van der Waals surface area contributed by atoms with Crippen molar-refractivity contribution >= 4 is 68.4 Å². The molecule has 1 amide bonds. The van der Waals surface area contributed by atoms with Crippen LogP contribution in [0, 0.1) is 11.3 Å². The highest BCUT2D eigenvalue weighted by molar-refractivity contribution is 9.10. The number of ether oxygens (including phenoxy) is 1. The number of carbonyl (C=O) groups excluding carboxylic acids is 1. The van der Waals surface area contributed by atoms with E-state index in [-0.39, 0.29) is 12.2 Å². The van der Waals surface area contributed by atoms with Crippen LogP contribution >= 0.6 is 50.7 Å². The standard InChI is InChI=1S/C23H14BrCl3N2O2/c24-17-4-7-22(31-13-14-2-1-3-18(25)8-14)15(10-17)9-16(12-28)23(30)29-19-5-6-20(26)21(27)11-19/h1-11H,13H2,(H,29,30)/b16-9+. The molecule has 3 aromatic carbocycles. The third-order valence-electron chi connectivity index (χ3n) is 4.10. The highest BCUT2D eigenvalue weighted by Gasteiger charge is 2.13. The average molecular weight is 537 g/mol. The summed E-state index contributed by atoms with van der Waals surface area (Å²) in [4.78, 5) is 12.6. The van der Waals surface area contributed by atoms with Gasteiger partial charge >= 0.3 is 0 Å². The number of nitrogens with one attached hydrogen (secondary N) is 1. The first-order valence-corrected chi connectivity index (χ1v) is 10.8. The Hall–Kier alpha value is -2.49. The Morgan fingerprint density at radius 1 is 1.06 bits per heavy atom. The summed E-state index contributed by atoms with van der Waals surface area (Å²) >= 11 is 21.3. The predicted molar refractivity (Wildman–Crippen MR) is 129 cm³/mol. The Bertz CT molecular complexity index is 1210. The number of hydrogen-bond donors (Lipinski definition) is 1. The number of carbonyl (C=O) groups is 1. The SMILES string of the molecule is N#C/C(=C\c1cc(Br)ccc1OCc1cccc(Cl)c1)C(=O)Nc1ccc(Cl)c(Cl)c1. The smallest absolute Gasteiger partial charge is 0.266 e. The minimum absolute atomic E-state index is 0.100. The van der Waals surface area contributed by atoms with Crippen molar-refractivity contribution in [1.82, 2.24) is 0 Å². The van der Waals surface area contributed by atoms with Crippen molar-refractivity contribution in [1.29, 1.82) is 5.26 Å². The first kappa shape index (κ1) is 23.2. The Labute approximate surface area is 203 Å². The molecule has 4 nitrogen and oxygen atoms in total. The van der Waals surface area contributed by atoms with Crippen LogP contribution in [0.25, 0.3) is 6.08 Å². The average Bonchev–Trinajstić information content (AvgIpc) is 2.74. The van der Waals surface area contributed by atoms with Gasteiger partial charge in [-0.15, -0.1) is 0 Å². The number of nitrogens with zero attached hydrogens (tertiary/aromatic N) is 1. The van der Waals surface area contributed by atoms with Crippen LogP contribution in [0.1, 0.15) is 11.1 Å². The van der Waals surface area contributed by atoms with Crippen molar-refractivity contribution in [2.75, 3.05) is 5.32 Å². The zero-order valence-corrected chi connectivity index (χ0v) is 19.7. The third-order valence-corrected chi connectivity index (χ3v) is 5.56. The number of benzene rings is 3. The second-order valence-corrected chi connectivity index (χ2v) is 8.52. The van der Waals surface area contributed by atoms with Crippen LogP contribution in [-0.2, 0) is 11.4 Å². The van der Waals surface area contributed by atoms with Crippen molar-refractivity contribution in [3.8, 4) is 11.8 Å². The Kier molecular flexibility index (Phi) is 8.00. The van der Waals surface area contributed by atoms with Crippen LogP contribution in [0.15, 0.2) is 70.7 Å². The van der Waals surface area contributed by atoms with Gasteiger partial charge in [0.05, 0.1) is 10.0 Å². The molecule has 0 radical (unpaired) electrons. The van der Waals surface area contributed by atoms with Crippen molar-refractivity contribution < 1.29 is 9.53 Å².